The average molecular weight is 673 g/mol. The number of benzene rings is 2. The van der Waals surface area contributed by atoms with Crippen LogP contribution in [0.15, 0.2) is 59.1 Å². The van der Waals surface area contributed by atoms with Gasteiger partial charge >= 0.3 is 0 Å². The van der Waals surface area contributed by atoms with Crippen LogP contribution in [0.5, 0.6) is 0 Å². The summed E-state index contributed by atoms with van der Waals surface area (Å²) in [5.41, 5.74) is 3.44. The fourth-order valence-electron chi connectivity index (χ4n) is 5.74. The van der Waals surface area contributed by atoms with Gasteiger partial charge in [0, 0.05) is 37.2 Å². The van der Waals surface area contributed by atoms with Crippen molar-refractivity contribution in [3.05, 3.63) is 88.3 Å². The lowest BCUT2D eigenvalue weighted by Crippen LogP contribution is -2.57. The summed E-state index contributed by atoms with van der Waals surface area (Å²) >= 11 is 0. The van der Waals surface area contributed by atoms with Gasteiger partial charge in [0.05, 0.1) is 12.1 Å². The van der Waals surface area contributed by atoms with Gasteiger partial charge in [0.25, 0.3) is 5.91 Å². The Morgan fingerprint density at radius 1 is 0.898 bits per heavy atom. The van der Waals surface area contributed by atoms with E-state index in [0.717, 1.165) is 16.7 Å². The van der Waals surface area contributed by atoms with Gasteiger partial charge in [-0.05, 0) is 69.2 Å². The molecule has 4 N–H and O–H groups in total. The van der Waals surface area contributed by atoms with Crippen LogP contribution in [0.3, 0.4) is 0 Å². The lowest BCUT2D eigenvalue weighted by molar-refractivity contribution is -0.132. The van der Waals surface area contributed by atoms with Gasteiger partial charge in [-0.25, -0.2) is 0 Å². The molecule has 49 heavy (non-hydrogen) atoms. The summed E-state index contributed by atoms with van der Waals surface area (Å²) in [6, 6.07) is 13.5. The number of rotatable bonds is 6. The molecule has 3 aromatic rings. The number of nitrogens with zero attached hydrogens (tertiary/aromatic N) is 2. The fourth-order valence-corrected chi connectivity index (χ4v) is 5.74. The minimum Gasteiger partial charge on any atom is -0.361 e. The highest BCUT2D eigenvalue weighted by atomic mass is 16.5. The number of hydrogen-bond acceptors (Lipinski definition) is 7. The number of carbonyl (C=O) groups is 5. The Morgan fingerprint density at radius 3 is 2.24 bits per heavy atom. The van der Waals surface area contributed by atoms with Crippen LogP contribution in [0.2, 0.25) is 0 Å². The predicted octanol–water partition coefficient (Wildman–Crippen LogP) is 3.15. The number of carbonyl (C=O) groups excluding carboxylic acids is 5. The molecule has 12 nitrogen and oxygen atoms in total. The van der Waals surface area contributed by atoms with E-state index in [4.69, 9.17) is 4.52 Å². The molecule has 3 atom stereocenters. The second-order valence-electron chi connectivity index (χ2n) is 13.1. The summed E-state index contributed by atoms with van der Waals surface area (Å²) in [6.07, 6.45) is 1.91. The monoisotopic (exact) mass is 672 g/mol. The van der Waals surface area contributed by atoms with Gasteiger partial charge in [-0.2, -0.15) is 0 Å². The van der Waals surface area contributed by atoms with Crippen molar-refractivity contribution >= 4 is 29.5 Å². The first kappa shape index (κ1) is 36.8. The Morgan fingerprint density at radius 2 is 1.59 bits per heavy atom. The van der Waals surface area contributed by atoms with Crippen LogP contribution >= 0.6 is 0 Å². The predicted molar refractivity (Wildman–Crippen MR) is 184 cm³/mol. The molecule has 5 rings (SSSR count). The van der Waals surface area contributed by atoms with Gasteiger partial charge < -0.3 is 30.7 Å². The summed E-state index contributed by atoms with van der Waals surface area (Å²) in [4.78, 5) is 68.8. The van der Waals surface area contributed by atoms with Crippen molar-refractivity contribution in [1.29, 1.82) is 0 Å². The van der Waals surface area contributed by atoms with Crippen molar-refractivity contribution in [1.82, 2.24) is 31.3 Å². The lowest BCUT2D eigenvalue weighted by Gasteiger charge is -2.25. The Balaban J connectivity index is 1.61. The molecule has 2 aliphatic heterocycles. The van der Waals surface area contributed by atoms with Crippen molar-refractivity contribution < 1.29 is 28.5 Å². The Bertz CT molecular complexity index is 1580. The Hall–Kier alpha value is -5.00. The molecule has 12 heteroatoms. The third kappa shape index (κ3) is 10.8. The van der Waals surface area contributed by atoms with E-state index in [1.807, 2.05) is 44.2 Å². The average Bonchev–Trinajstić information content (AvgIpc) is 3.38. The van der Waals surface area contributed by atoms with Gasteiger partial charge in [-0.1, -0.05) is 61.5 Å². The minimum absolute atomic E-state index is 0.0613. The van der Waals surface area contributed by atoms with E-state index in [-0.39, 0.29) is 30.6 Å². The zero-order valence-corrected chi connectivity index (χ0v) is 29.0. The molecular formula is C37H48N6O6. The van der Waals surface area contributed by atoms with E-state index in [1.165, 1.54) is 0 Å². The highest BCUT2D eigenvalue weighted by Crippen LogP contribution is 2.17. The van der Waals surface area contributed by atoms with Crippen LogP contribution in [0.1, 0.15) is 78.5 Å². The fraction of sp³-hybridized carbons (Fsp3) is 0.459. The molecule has 5 amide bonds. The first-order valence-electron chi connectivity index (χ1n) is 16.9. The van der Waals surface area contributed by atoms with Gasteiger partial charge in [-0.15, -0.1) is 0 Å². The SMILES string of the molecule is Cc1noc(C)c1CC(=O)N1CCCCNC(=O)[C@@H](C)NC(=O)[C@H](CC(C)C)NC(=O)[C@@H](Cc2ccccc2)NC(=O)c2ccc(cc2)C1. The van der Waals surface area contributed by atoms with Crippen LogP contribution in [0.25, 0.3) is 0 Å². The van der Waals surface area contributed by atoms with E-state index < -0.39 is 35.8 Å². The summed E-state index contributed by atoms with van der Waals surface area (Å²) in [6.45, 7) is 10.2. The van der Waals surface area contributed by atoms with E-state index in [2.05, 4.69) is 26.4 Å². The van der Waals surface area contributed by atoms with Crippen LogP contribution in [-0.2, 0) is 38.6 Å². The molecule has 2 aliphatic rings. The number of hydrogen-bond donors (Lipinski definition) is 4. The highest BCUT2D eigenvalue weighted by molar-refractivity contribution is 5.99. The molecule has 0 spiro atoms. The van der Waals surface area contributed by atoms with Gasteiger partial charge in [-0.3, -0.25) is 24.0 Å². The molecule has 2 aromatic carbocycles. The molecule has 0 radical (unpaired) electrons. The topological polar surface area (TPSA) is 163 Å². The van der Waals surface area contributed by atoms with Gasteiger partial charge in [0.2, 0.25) is 23.6 Å². The normalized spacial score (nSPS) is 20.2. The second kappa shape index (κ2) is 17.4. The summed E-state index contributed by atoms with van der Waals surface area (Å²) in [5.74, 6) is -1.23. The van der Waals surface area contributed by atoms with Crippen LogP contribution in [0, 0.1) is 19.8 Å². The molecule has 2 bridgehead atoms. The van der Waals surface area contributed by atoms with Crippen molar-refractivity contribution in [2.24, 2.45) is 5.92 Å². The number of nitrogens with one attached hydrogen (secondary N) is 4. The molecule has 0 saturated carbocycles. The molecule has 262 valence electrons. The van der Waals surface area contributed by atoms with Crippen molar-refractivity contribution in [3.63, 3.8) is 0 Å². The molecule has 0 aliphatic carbocycles. The summed E-state index contributed by atoms with van der Waals surface area (Å²) < 4.78 is 5.26. The zero-order chi connectivity index (χ0) is 35.5. The van der Waals surface area contributed by atoms with Gasteiger partial charge in [0.15, 0.2) is 0 Å². The zero-order valence-electron chi connectivity index (χ0n) is 29.0. The second-order valence-corrected chi connectivity index (χ2v) is 13.1. The van der Waals surface area contributed by atoms with Crippen molar-refractivity contribution in [3.8, 4) is 0 Å². The van der Waals surface area contributed by atoms with E-state index in [9.17, 15) is 24.0 Å². The molecule has 1 aromatic heterocycles. The molecule has 0 fully saturated rings. The smallest absolute Gasteiger partial charge is 0.251 e. The first-order valence-corrected chi connectivity index (χ1v) is 16.9. The summed E-state index contributed by atoms with van der Waals surface area (Å²) in [7, 11) is 0. The maximum Gasteiger partial charge on any atom is 0.251 e. The number of aryl methyl sites for hydroxylation is 2. The van der Waals surface area contributed by atoms with Crippen molar-refractivity contribution in [2.75, 3.05) is 13.1 Å². The molecular weight excluding hydrogens is 624 g/mol. The standard InChI is InChI=1S/C37H48N6O6/c1-23(2)19-31-36(47)39-25(4)34(45)38-17-9-10-18-43(33(44)21-30-24(3)42-49-26(30)5)22-28-13-15-29(16-14-28)35(46)40-32(37(48)41-31)20-27-11-7-6-8-12-27/h6-8,11-16,23,25,31-32H,9-10,17-22H2,1-5H3,(H,38,45)(H,39,47)(H,40,46)(H,41,48)/t25-,31+,32-/m1/s1. The third-order valence-corrected chi connectivity index (χ3v) is 8.60. The van der Waals surface area contributed by atoms with Crippen molar-refractivity contribution in [2.45, 2.75) is 91.4 Å². The maximum absolute atomic E-state index is 13.7. The van der Waals surface area contributed by atoms with E-state index in [0.29, 0.717) is 55.9 Å². The quantitative estimate of drug-likeness (QED) is 0.293. The first-order chi connectivity index (χ1) is 23.4. The van der Waals surface area contributed by atoms with Crippen LogP contribution in [-0.4, -0.2) is 70.8 Å². The Labute approximate surface area is 287 Å². The third-order valence-electron chi connectivity index (χ3n) is 8.60. The number of aromatic nitrogens is 1. The largest absolute Gasteiger partial charge is 0.361 e. The Kier molecular flexibility index (Phi) is 13.1. The van der Waals surface area contributed by atoms with Crippen LogP contribution < -0.4 is 21.3 Å². The number of fused-ring (bicyclic) bond motifs is 18. The minimum atomic E-state index is -0.982. The number of amides is 5. The molecule has 0 saturated heterocycles. The molecule has 0 unspecified atom stereocenters. The lowest BCUT2D eigenvalue weighted by atomic mass is 10.0. The van der Waals surface area contributed by atoms with Gasteiger partial charge in [0.1, 0.15) is 23.9 Å². The summed E-state index contributed by atoms with van der Waals surface area (Å²) in [5, 5.41) is 15.3. The maximum atomic E-state index is 13.7. The van der Waals surface area contributed by atoms with Crippen LogP contribution in [0.4, 0.5) is 0 Å². The highest BCUT2D eigenvalue weighted by Gasteiger charge is 2.30. The molecule has 3 heterocycles. The van der Waals surface area contributed by atoms with E-state index >= 15 is 0 Å². The van der Waals surface area contributed by atoms with E-state index in [1.54, 1.807) is 49.9 Å².